The van der Waals surface area contributed by atoms with E-state index < -0.39 is 0 Å². The molecule has 1 aromatic rings. The van der Waals surface area contributed by atoms with Crippen molar-refractivity contribution in [3.63, 3.8) is 0 Å². The lowest BCUT2D eigenvalue weighted by atomic mass is 9.81. The Bertz CT molecular complexity index is 609. The van der Waals surface area contributed by atoms with Crippen molar-refractivity contribution < 1.29 is 9.59 Å². The Morgan fingerprint density at radius 2 is 1.96 bits per heavy atom. The van der Waals surface area contributed by atoms with E-state index in [1.54, 1.807) is 6.20 Å². The lowest BCUT2D eigenvalue weighted by Gasteiger charge is -2.53. The van der Waals surface area contributed by atoms with Crippen molar-refractivity contribution in [1.29, 1.82) is 0 Å². The Balaban J connectivity index is 1.21. The van der Waals surface area contributed by atoms with Crippen LogP contribution in [0.2, 0.25) is 0 Å². The van der Waals surface area contributed by atoms with E-state index in [0.717, 1.165) is 51.9 Å². The molecule has 2 amide bonds. The van der Waals surface area contributed by atoms with Gasteiger partial charge in [-0.25, -0.2) is 0 Å². The van der Waals surface area contributed by atoms with Crippen LogP contribution in [0, 0.1) is 11.8 Å². The number of piperidine rings is 1. The van der Waals surface area contributed by atoms with Gasteiger partial charge in [-0.3, -0.25) is 14.3 Å². The highest BCUT2D eigenvalue weighted by Gasteiger charge is 2.46. The number of fused-ring (bicyclic) bond motifs is 1. The molecule has 0 radical (unpaired) electrons. The summed E-state index contributed by atoms with van der Waals surface area (Å²) in [7, 11) is 0. The standard InChI is InChI=1S/C19H28N4O2/c24-18(7-3-10-22-11-4-9-20-22)23-14-16-13-21(12-8-17(16)23)19(25)15-5-1-2-6-15/h4,9,11,15-17H,1-3,5-8,10,12-14H2/t16-,17-/m0/s1. The fraction of sp³-hybridized carbons (Fsp3) is 0.737. The molecule has 4 rings (SSSR count). The van der Waals surface area contributed by atoms with Gasteiger partial charge in [-0.2, -0.15) is 5.10 Å². The topological polar surface area (TPSA) is 58.4 Å². The summed E-state index contributed by atoms with van der Waals surface area (Å²) in [6, 6.07) is 2.27. The lowest BCUT2D eigenvalue weighted by Crippen LogP contribution is -2.65. The van der Waals surface area contributed by atoms with Crippen LogP contribution in [0.3, 0.4) is 0 Å². The van der Waals surface area contributed by atoms with E-state index in [0.29, 0.717) is 24.3 Å². The molecule has 3 fully saturated rings. The maximum atomic E-state index is 12.6. The van der Waals surface area contributed by atoms with E-state index >= 15 is 0 Å². The first kappa shape index (κ1) is 16.6. The number of nitrogens with zero attached hydrogens (tertiary/aromatic N) is 4. The number of aryl methyl sites for hydroxylation is 1. The van der Waals surface area contributed by atoms with Gasteiger partial charge in [0.15, 0.2) is 0 Å². The zero-order valence-electron chi connectivity index (χ0n) is 14.8. The second-order valence-corrected chi connectivity index (χ2v) is 7.80. The van der Waals surface area contributed by atoms with E-state index in [2.05, 4.69) is 10.00 Å². The fourth-order valence-electron chi connectivity index (χ4n) is 4.75. The molecule has 3 aliphatic rings. The Labute approximate surface area is 149 Å². The first-order valence-corrected chi connectivity index (χ1v) is 9.78. The summed E-state index contributed by atoms with van der Waals surface area (Å²) in [5.41, 5.74) is 0. The highest BCUT2D eigenvalue weighted by molar-refractivity contribution is 5.80. The molecule has 6 heteroatoms. The molecule has 0 spiro atoms. The van der Waals surface area contributed by atoms with Crippen LogP contribution in [-0.2, 0) is 16.1 Å². The van der Waals surface area contributed by atoms with Crippen LogP contribution < -0.4 is 0 Å². The van der Waals surface area contributed by atoms with Gasteiger partial charge in [0.05, 0.1) is 0 Å². The summed E-state index contributed by atoms with van der Waals surface area (Å²) in [4.78, 5) is 29.2. The van der Waals surface area contributed by atoms with Crippen LogP contribution in [-0.4, -0.2) is 57.1 Å². The molecule has 3 heterocycles. The van der Waals surface area contributed by atoms with Gasteiger partial charge < -0.3 is 9.80 Å². The Morgan fingerprint density at radius 1 is 1.12 bits per heavy atom. The smallest absolute Gasteiger partial charge is 0.225 e. The van der Waals surface area contributed by atoms with Crippen molar-refractivity contribution >= 4 is 11.8 Å². The normalized spacial score (nSPS) is 26.4. The summed E-state index contributed by atoms with van der Waals surface area (Å²) in [5.74, 6) is 1.41. The third kappa shape index (κ3) is 3.44. The zero-order chi connectivity index (χ0) is 17.2. The predicted molar refractivity (Wildman–Crippen MR) is 93.6 cm³/mol. The van der Waals surface area contributed by atoms with Crippen LogP contribution in [0.1, 0.15) is 44.9 Å². The average Bonchev–Trinajstić information content (AvgIpc) is 3.28. The first-order valence-electron chi connectivity index (χ1n) is 9.78. The molecule has 0 aromatic carbocycles. The molecular formula is C19H28N4O2. The quantitative estimate of drug-likeness (QED) is 0.820. The van der Waals surface area contributed by atoms with E-state index in [9.17, 15) is 9.59 Å². The number of likely N-dealkylation sites (tertiary alicyclic amines) is 2. The first-order chi connectivity index (χ1) is 12.2. The summed E-state index contributed by atoms with van der Waals surface area (Å²) >= 11 is 0. The average molecular weight is 344 g/mol. The lowest BCUT2D eigenvalue weighted by molar-refractivity contribution is -0.153. The number of carbonyl (C=O) groups is 2. The molecule has 25 heavy (non-hydrogen) atoms. The third-order valence-electron chi connectivity index (χ3n) is 6.20. The monoisotopic (exact) mass is 344 g/mol. The summed E-state index contributed by atoms with van der Waals surface area (Å²) in [5, 5.41) is 4.17. The Morgan fingerprint density at radius 3 is 2.68 bits per heavy atom. The molecule has 0 unspecified atom stereocenters. The van der Waals surface area contributed by atoms with E-state index in [4.69, 9.17) is 0 Å². The van der Waals surface area contributed by atoms with Gasteiger partial charge in [-0.15, -0.1) is 0 Å². The fourth-order valence-corrected chi connectivity index (χ4v) is 4.75. The maximum Gasteiger partial charge on any atom is 0.225 e. The molecule has 2 saturated heterocycles. The van der Waals surface area contributed by atoms with Gasteiger partial charge in [-0.05, 0) is 31.7 Å². The number of carbonyl (C=O) groups excluding carboxylic acids is 2. The van der Waals surface area contributed by atoms with Crippen LogP contribution in [0.5, 0.6) is 0 Å². The predicted octanol–water partition coefficient (Wildman–Crippen LogP) is 1.91. The van der Waals surface area contributed by atoms with Crippen LogP contribution >= 0.6 is 0 Å². The van der Waals surface area contributed by atoms with Crippen molar-refractivity contribution in [2.24, 2.45) is 11.8 Å². The summed E-state index contributed by atoms with van der Waals surface area (Å²) in [6.07, 6.45) is 10.6. The molecule has 0 bridgehead atoms. The highest BCUT2D eigenvalue weighted by atomic mass is 16.2. The molecular weight excluding hydrogens is 316 g/mol. The molecule has 1 aromatic heterocycles. The molecule has 1 saturated carbocycles. The SMILES string of the molecule is O=C(C1CCCC1)N1CC[C@H]2[C@@H](C1)CN2C(=O)CCCn1cccn1. The van der Waals surface area contributed by atoms with Gasteiger partial charge in [0.2, 0.25) is 11.8 Å². The largest absolute Gasteiger partial charge is 0.342 e. The number of rotatable bonds is 5. The number of amides is 2. The van der Waals surface area contributed by atoms with Crippen LogP contribution in [0.4, 0.5) is 0 Å². The van der Waals surface area contributed by atoms with Gasteiger partial charge in [0, 0.05) is 62.9 Å². The molecule has 136 valence electrons. The van der Waals surface area contributed by atoms with E-state index in [-0.39, 0.29) is 11.8 Å². The zero-order valence-corrected chi connectivity index (χ0v) is 14.8. The Kier molecular flexibility index (Phi) is 4.77. The van der Waals surface area contributed by atoms with Crippen molar-refractivity contribution in [3.05, 3.63) is 18.5 Å². The van der Waals surface area contributed by atoms with Gasteiger partial charge in [0.25, 0.3) is 0 Å². The number of hydrogen-bond donors (Lipinski definition) is 0. The molecule has 2 aliphatic heterocycles. The van der Waals surface area contributed by atoms with Crippen molar-refractivity contribution in [2.75, 3.05) is 19.6 Å². The van der Waals surface area contributed by atoms with Crippen molar-refractivity contribution in [3.8, 4) is 0 Å². The minimum atomic E-state index is 0.268. The van der Waals surface area contributed by atoms with E-state index in [1.807, 2.05) is 21.8 Å². The minimum Gasteiger partial charge on any atom is -0.342 e. The van der Waals surface area contributed by atoms with Gasteiger partial charge in [0.1, 0.15) is 0 Å². The number of hydrogen-bond acceptors (Lipinski definition) is 3. The number of aromatic nitrogens is 2. The van der Waals surface area contributed by atoms with Gasteiger partial charge >= 0.3 is 0 Å². The second-order valence-electron chi connectivity index (χ2n) is 7.80. The minimum absolute atomic E-state index is 0.268. The Hall–Kier alpha value is -1.85. The maximum absolute atomic E-state index is 12.6. The van der Waals surface area contributed by atoms with Crippen molar-refractivity contribution in [2.45, 2.75) is 57.5 Å². The molecule has 6 nitrogen and oxygen atoms in total. The summed E-state index contributed by atoms with van der Waals surface area (Å²) in [6.45, 7) is 3.31. The molecule has 2 atom stereocenters. The molecule has 1 aliphatic carbocycles. The second kappa shape index (κ2) is 7.18. The third-order valence-corrected chi connectivity index (χ3v) is 6.20. The summed E-state index contributed by atoms with van der Waals surface area (Å²) < 4.78 is 1.87. The highest BCUT2D eigenvalue weighted by Crippen LogP contribution is 2.35. The van der Waals surface area contributed by atoms with Crippen LogP contribution in [0.25, 0.3) is 0 Å². The van der Waals surface area contributed by atoms with Gasteiger partial charge in [-0.1, -0.05) is 12.8 Å². The molecule has 0 N–H and O–H groups in total. The van der Waals surface area contributed by atoms with Crippen LogP contribution in [0.15, 0.2) is 18.5 Å². The van der Waals surface area contributed by atoms with E-state index in [1.165, 1.54) is 12.8 Å². The van der Waals surface area contributed by atoms with Crippen molar-refractivity contribution in [1.82, 2.24) is 19.6 Å².